The Labute approximate surface area is 94.4 Å². The number of rotatable bonds is 3. The molecule has 2 aliphatic rings. The zero-order valence-electron chi connectivity index (χ0n) is 10.2. The van der Waals surface area contributed by atoms with Crippen molar-refractivity contribution in [3.05, 3.63) is 0 Å². The summed E-state index contributed by atoms with van der Waals surface area (Å²) in [6.07, 6.45) is 8.92. The van der Waals surface area contributed by atoms with Crippen LogP contribution in [0, 0.1) is 5.92 Å². The maximum atomic E-state index is 3.51. The minimum atomic E-state index is 0.699. The van der Waals surface area contributed by atoms with Gasteiger partial charge in [0.15, 0.2) is 0 Å². The normalized spacial score (nSPS) is 30.6. The zero-order chi connectivity index (χ0) is 10.5. The maximum absolute atomic E-state index is 3.51. The summed E-state index contributed by atoms with van der Waals surface area (Å²) in [6.45, 7) is 7.35. The van der Waals surface area contributed by atoms with Gasteiger partial charge in [0.05, 0.1) is 0 Å². The Kier molecular flexibility index (Phi) is 4.45. The number of nitrogens with one attached hydrogen (secondary N) is 1. The Morgan fingerprint density at radius 1 is 1.20 bits per heavy atom. The molecule has 0 unspecified atom stereocenters. The topological polar surface area (TPSA) is 15.3 Å². The fourth-order valence-electron chi connectivity index (χ4n) is 3.06. The van der Waals surface area contributed by atoms with Gasteiger partial charge in [0.2, 0.25) is 0 Å². The molecule has 2 heteroatoms. The van der Waals surface area contributed by atoms with Crippen LogP contribution < -0.4 is 5.32 Å². The van der Waals surface area contributed by atoms with Crippen molar-refractivity contribution in [2.45, 2.75) is 51.5 Å². The quantitative estimate of drug-likeness (QED) is 0.768. The van der Waals surface area contributed by atoms with Crippen LogP contribution in [0.4, 0.5) is 0 Å². The number of nitrogens with zero attached hydrogens (tertiary/aromatic N) is 1. The van der Waals surface area contributed by atoms with Crippen molar-refractivity contribution in [2.24, 2.45) is 5.92 Å². The van der Waals surface area contributed by atoms with Gasteiger partial charge in [-0.15, -0.1) is 0 Å². The Morgan fingerprint density at radius 3 is 2.73 bits per heavy atom. The number of piperazine rings is 1. The lowest BCUT2D eigenvalue weighted by molar-refractivity contribution is 0.185. The van der Waals surface area contributed by atoms with E-state index in [1.165, 1.54) is 64.7 Å². The average Bonchev–Trinajstić information content (AvgIpc) is 2.28. The predicted molar refractivity (Wildman–Crippen MR) is 65.1 cm³/mol. The molecule has 88 valence electrons. The van der Waals surface area contributed by atoms with Crippen LogP contribution in [0.2, 0.25) is 0 Å². The molecule has 2 rings (SSSR count). The Hall–Kier alpha value is -0.0800. The second kappa shape index (κ2) is 5.86. The van der Waals surface area contributed by atoms with Crippen molar-refractivity contribution >= 4 is 0 Å². The summed E-state index contributed by atoms with van der Waals surface area (Å²) >= 11 is 0. The summed E-state index contributed by atoms with van der Waals surface area (Å²) in [7, 11) is 0. The van der Waals surface area contributed by atoms with E-state index in [2.05, 4.69) is 17.1 Å². The average molecular weight is 210 g/mol. The fourth-order valence-corrected chi connectivity index (χ4v) is 3.06. The summed E-state index contributed by atoms with van der Waals surface area (Å²) < 4.78 is 0. The van der Waals surface area contributed by atoms with Crippen LogP contribution in [-0.4, -0.2) is 37.1 Å². The Morgan fingerprint density at radius 2 is 2.00 bits per heavy atom. The van der Waals surface area contributed by atoms with Crippen LogP contribution in [0.1, 0.15) is 45.4 Å². The highest BCUT2D eigenvalue weighted by atomic mass is 15.2. The minimum absolute atomic E-state index is 0.699. The van der Waals surface area contributed by atoms with Crippen molar-refractivity contribution in [1.82, 2.24) is 10.2 Å². The zero-order valence-corrected chi connectivity index (χ0v) is 10.2. The third kappa shape index (κ3) is 3.76. The highest BCUT2D eigenvalue weighted by Crippen LogP contribution is 2.26. The molecule has 1 heterocycles. The van der Waals surface area contributed by atoms with Gasteiger partial charge >= 0.3 is 0 Å². The van der Waals surface area contributed by atoms with E-state index in [9.17, 15) is 0 Å². The molecule has 0 aromatic heterocycles. The SMILES string of the molecule is C[C@@H]1CN(CCC2CCCCC2)CCN1. The molecule has 2 nitrogen and oxygen atoms in total. The first-order chi connectivity index (χ1) is 7.34. The standard InChI is InChI=1S/C13H26N2/c1-12-11-15(10-8-14-12)9-7-13-5-3-2-4-6-13/h12-14H,2-11H2,1H3/t12-/m1/s1. The van der Waals surface area contributed by atoms with Gasteiger partial charge in [-0.1, -0.05) is 32.1 Å². The maximum Gasteiger partial charge on any atom is 0.0167 e. The third-order valence-electron chi connectivity index (χ3n) is 4.03. The van der Waals surface area contributed by atoms with Crippen LogP contribution in [0.15, 0.2) is 0 Å². The van der Waals surface area contributed by atoms with Crippen molar-refractivity contribution < 1.29 is 0 Å². The van der Waals surface area contributed by atoms with Crippen LogP contribution in [0.25, 0.3) is 0 Å². The molecule has 1 aliphatic carbocycles. The lowest BCUT2D eigenvalue weighted by Crippen LogP contribution is -2.49. The first-order valence-electron chi connectivity index (χ1n) is 6.80. The molecule has 2 fully saturated rings. The molecule has 1 atom stereocenters. The van der Waals surface area contributed by atoms with Crippen LogP contribution in [-0.2, 0) is 0 Å². The van der Waals surface area contributed by atoms with Crippen molar-refractivity contribution in [2.75, 3.05) is 26.2 Å². The summed E-state index contributed by atoms with van der Waals surface area (Å²) in [5.41, 5.74) is 0. The van der Waals surface area contributed by atoms with E-state index in [0.29, 0.717) is 6.04 Å². The van der Waals surface area contributed by atoms with E-state index in [1.807, 2.05) is 0 Å². The molecule has 1 saturated carbocycles. The van der Waals surface area contributed by atoms with Crippen LogP contribution >= 0.6 is 0 Å². The molecule has 0 spiro atoms. The van der Waals surface area contributed by atoms with E-state index in [0.717, 1.165) is 5.92 Å². The highest BCUT2D eigenvalue weighted by molar-refractivity contribution is 4.76. The van der Waals surface area contributed by atoms with Gasteiger partial charge in [0.25, 0.3) is 0 Å². The Balaban J connectivity index is 1.63. The van der Waals surface area contributed by atoms with Crippen LogP contribution in [0.3, 0.4) is 0 Å². The van der Waals surface area contributed by atoms with Crippen LogP contribution in [0.5, 0.6) is 0 Å². The van der Waals surface area contributed by atoms with Gasteiger partial charge in [-0.2, -0.15) is 0 Å². The van der Waals surface area contributed by atoms with Crippen molar-refractivity contribution in [3.8, 4) is 0 Å². The predicted octanol–water partition coefficient (Wildman–Crippen LogP) is 2.25. The first-order valence-corrected chi connectivity index (χ1v) is 6.80. The van der Waals surface area contributed by atoms with Gasteiger partial charge in [-0.3, -0.25) is 0 Å². The van der Waals surface area contributed by atoms with E-state index in [4.69, 9.17) is 0 Å². The molecule has 0 amide bonds. The lowest BCUT2D eigenvalue weighted by Gasteiger charge is -2.33. The molecule has 1 aliphatic heterocycles. The Bertz CT molecular complexity index is 175. The smallest absolute Gasteiger partial charge is 0.0167 e. The third-order valence-corrected chi connectivity index (χ3v) is 4.03. The monoisotopic (exact) mass is 210 g/mol. The largest absolute Gasteiger partial charge is 0.312 e. The van der Waals surface area contributed by atoms with E-state index >= 15 is 0 Å². The molecule has 0 aromatic carbocycles. The van der Waals surface area contributed by atoms with Gasteiger partial charge in [0.1, 0.15) is 0 Å². The molecular weight excluding hydrogens is 184 g/mol. The lowest BCUT2D eigenvalue weighted by atomic mass is 9.87. The minimum Gasteiger partial charge on any atom is -0.312 e. The summed E-state index contributed by atoms with van der Waals surface area (Å²) in [5, 5.41) is 3.51. The van der Waals surface area contributed by atoms with Gasteiger partial charge in [-0.05, 0) is 25.8 Å². The molecule has 15 heavy (non-hydrogen) atoms. The first kappa shape index (κ1) is 11.4. The summed E-state index contributed by atoms with van der Waals surface area (Å²) in [5.74, 6) is 1.05. The highest BCUT2D eigenvalue weighted by Gasteiger charge is 2.18. The summed E-state index contributed by atoms with van der Waals surface area (Å²) in [6, 6.07) is 0.699. The molecular formula is C13H26N2. The summed E-state index contributed by atoms with van der Waals surface area (Å²) in [4.78, 5) is 2.65. The second-order valence-corrected chi connectivity index (χ2v) is 5.45. The molecule has 1 saturated heterocycles. The number of hydrogen-bond donors (Lipinski definition) is 1. The van der Waals surface area contributed by atoms with Crippen molar-refractivity contribution in [1.29, 1.82) is 0 Å². The van der Waals surface area contributed by atoms with E-state index in [-0.39, 0.29) is 0 Å². The van der Waals surface area contributed by atoms with Gasteiger partial charge < -0.3 is 10.2 Å². The number of hydrogen-bond acceptors (Lipinski definition) is 2. The van der Waals surface area contributed by atoms with E-state index in [1.54, 1.807) is 0 Å². The molecule has 0 radical (unpaired) electrons. The molecule has 0 aromatic rings. The molecule has 1 N–H and O–H groups in total. The van der Waals surface area contributed by atoms with Crippen molar-refractivity contribution in [3.63, 3.8) is 0 Å². The fraction of sp³-hybridized carbons (Fsp3) is 1.00. The second-order valence-electron chi connectivity index (χ2n) is 5.45. The van der Waals surface area contributed by atoms with Gasteiger partial charge in [0, 0.05) is 25.7 Å². The van der Waals surface area contributed by atoms with E-state index < -0.39 is 0 Å². The van der Waals surface area contributed by atoms with Gasteiger partial charge in [-0.25, -0.2) is 0 Å². The molecule has 0 bridgehead atoms.